The van der Waals surface area contributed by atoms with E-state index in [4.69, 9.17) is 15.0 Å². The molecule has 0 radical (unpaired) electrons. The number of hydrogen-bond donors (Lipinski definition) is 0. The maximum Gasteiger partial charge on any atom is 0.164 e. The summed E-state index contributed by atoms with van der Waals surface area (Å²) in [5, 5.41) is 2.57. The molecule has 4 nitrogen and oxygen atoms in total. The van der Waals surface area contributed by atoms with Crippen LogP contribution in [-0.4, -0.2) is 19.9 Å². The highest BCUT2D eigenvalue weighted by Crippen LogP contribution is 2.52. The van der Waals surface area contributed by atoms with Crippen molar-refractivity contribution in [3.8, 4) is 67.5 Å². The molecular formula is C45H32N4. The Hall–Kier alpha value is -6.26. The van der Waals surface area contributed by atoms with Crippen molar-refractivity contribution in [2.24, 2.45) is 0 Å². The van der Waals surface area contributed by atoms with E-state index in [1.807, 2.05) is 18.3 Å². The molecule has 0 spiro atoms. The van der Waals surface area contributed by atoms with Gasteiger partial charge in [-0.15, -0.1) is 0 Å². The van der Waals surface area contributed by atoms with Crippen LogP contribution in [0.1, 0.15) is 25.0 Å². The molecule has 0 saturated carbocycles. The van der Waals surface area contributed by atoms with Crippen LogP contribution in [-0.2, 0) is 5.41 Å². The Morgan fingerprint density at radius 2 is 0.980 bits per heavy atom. The van der Waals surface area contributed by atoms with E-state index in [0.29, 0.717) is 17.5 Å². The van der Waals surface area contributed by atoms with Crippen LogP contribution in [0.4, 0.5) is 0 Å². The molecule has 8 aromatic rings. The number of hydrogen-bond acceptors (Lipinski definition) is 4. The average molecular weight is 629 g/mol. The molecule has 0 aliphatic heterocycles. The Labute approximate surface area is 285 Å². The third-order valence-electron chi connectivity index (χ3n) is 9.82. The predicted octanol–water partition coefficient (Wildman–Crippen LogP) is 11.1. The smallest absolute Gasteiger partial charge is 0.164 e. The zero-order valence-corrected chi connectivity index (χ0v) is 27.3. The van der Waals surface area contributed by atoms with Crippen LogP contribution in [0.2, 0.25) is 0 Å². The fraction of sp³-hybridized carbons (Fsp3) is 0.0667. The van der Waals surface area contributed by atoms with Crippen LogP contribution in [0.5, 0.6) is 0 Å². The first kappa shape index (κ1) is 28.9. The molecule has 0 fully saturated rings. The van der Waals surface area contributed by atoms with Crippen molar-refractivity contribution in [3.05, 3.63) is 169 Å². The van der Waals surface area contributed by atoms with E-state index in [-0.39, 0.29) is 5.41 Å². The molecule has 6 aromatic carbocycles. The third kappa shape index (κ3) is 5.01. The van der Waals surface area contributed by atoms with Crippen molar-refractivity contribution < 1.29 is 0 Å². The molecular weight excluding hydrogens is 597 g/mol. The van der Waals surface area contributed by atoms with Gasteiger partial charge in [0, 0.05) is 34.5 Å². The summed E-state index contributed by atoms with van der Waals surface area (Å²) in [5.74, 6) is 1.93. The summed E-state index contributed by atoms with van der Waals surface area (Å²) >= 11 is 0. The van der Waals surface area contributed by atoms with Crippen molar-refractivity contribution in [3.63, 3.8) is 0 Å². The zero-order valence-electron chi connectivity index (χ0n) is 27.3. The lowest BCUT2D eigenvalue weighted by Gasteiger charge is -2.23. The lowest BCUT2D eigenvalue weighted by atomic mass is 9.80. The summed E-state index contributed by atoms with van der Waals surface area (Å²) in [7, 11) is 0. The summed E-state index contributed by atoms with van der Waals surface area (Å²) in [4.78, 5) is 19.5. The SMILES string of the molecule is CC1(C)c2ccc(-c3nc(-c4ccc(-c5ccccc5)cc4)nc(-c4ccc(-c5cccnc5)cc4)n3)cc2-c2ccc3ccccc3c21. The third-order valence-corrected chi connectivity index (χ3v) is 9.82. The summed E-state index contributed by atoms with van der Waals surface area (Å²) in [6.45, 7) is 4.66. The molecule has 2 aromatic heterocycles. The molecule has 2 heterocycles. The van der Waals surface area contributed by atoms with Crippen LogP contribution in [0.15, 0.2) is 158 Å². The number of pyridine rings is 1. The van der Waals surface area contributed by atoms with Crippen molar-refractivity contribution >= 4 is 10.8 Å². The molecule has 4 heteroatoms. The lowest BCUT2D eigenvalue weighted by Crippen LogP contribution is -2.15. The van der Waals surface area contributed by atoms with E-state index in [0.717, 1.165) is 33.4 Å². The van der Waals surface area contributed by atoms with Gasteiger partial charge in [-0.05, 0) is 67.4 Å². The second-order valence-corrected chi connectivity index (χ2v) is 13.2. The fourth-order valence-electron chi connectivity index (χ4n) is 7.31. The quantitative estimate of drug-likeness (QED) is 0.190. The lowest BCUT2D eigenvalue weighted by molar-refractivity contribution is 0.666. The Kier molecular flexibility index (Phi) is 6.77. The van der Waals surface area contributed by atoms with Gasteiger partial charge in [0.15, 0.2) is 17.5 Å². The van der Waals surface area contributed by atoms with Gasteiger partial charge in [0.2, 0.25) is 0 Å². The fourth-order valence-corrected chi connectivity index (χ4v) is 7.31. The maximum atomic E-state index is 5.10. The highest BCUT2D eigenvalue weighted by atomic mass is 15.0. The molecule has 0 amide bonds. The van der Waals surface area contributed by atoms with Gasteiger partial charge in [-0.3, -0.25) is 4.98 Å². The van der Waals surface area contributed by atoms with Gasteiger partial charge in [0.1, 0.15) is 0 Å². The Bertz CT molecular complexity index is 2380. The van der Waals surface area contributed by atoms with Crippen LogP contribution in [0.25, 0.3) is 78.3 Å². The zero-order chi connectivity index (χ0) is 33.0. The molecule has 9 rings (SSSR count). The Morgan fingerprint density at radius 1 is 0.429 bits per heavy atom. The first-order valence-corrected chi connectivity index (χ1v) is 16.6. The van der Waals surface area contributed by atoms with E-state index in [1.165, 1.54) is 38.6 Å². The largest absolute Gasteiger partial charge is 0.264 e. The average Bonchev–Trinajstić information content (AvgIpc) is 3.41. The van der Waals surface area contributed by atoms with Gasteiger partial charge in [-0.25, -0.2) is 15.0 Å². The molecule has 49 heavy (non-hydrogen) atoms. The second-order valence-electron chi connectivity index (χ2n) is 13.2. The van der Waals surface area contributed by atoms with Crippen LogP contribution in [0, 0.1) is 0 Å². The second kappa shape index (κ2) is 11.5. The first-order chi connectivity index (χ1) is 24.0. The molecule has 232 valence electrons. The summed E-state index contributed by atoms with van der Waals surface area (Å²) in [5.41, 5.74) is 12.4. The van der Waals surface area contributed by atoms with Crippen LogP contribution < -0.4 is 0 Å². The van der Waals surface area contributed by atoms with E-state index in [9.17, 15) is 0 Å². The van der Waals surface area contributed by atoms with Gasteiger partial charge in [0.25, 0.3) is 0 Å². The molecule has 0 bridgehead atoms. The minimum Gasteiger partial charge on any atom is -0.264 e. The standard InChI is InChI=1S/C45H32N4/c1-45(2)40-25-23-35(27-39(40)38-24-22-32-11-6-7-13-37(32)41(38)45)44-48-42(33-18-14-30(15-19-33)29-9-4-3-5-10-29)47-43(49-44)34-20-16-31(17-21-34)36-12-8-26-46-28-36/h3-28H,1-2H3. The molecule has 0 saturated heterocycles. The van der Waals surface area contributed by atoms with E-state index >= 15 is 0 Å². The molecule has 1 aliphatic rings. The van der Waals surface area contributed by atoms with Crippen molar-refractivity contribution in [2.75, 3.05) is 0 Å². The normalized spacial score (nSPS) is 12.9. The molecule has 1 aliphatic carbocycles. The van der Waals surface area contributed by atoms with Crippen molar-refractivity contribution in [2.45, 2.75) is 19.3 Å². The highest BCUT2D eigenvalue weighted by Gasteiger charge is 2.37. The van der Waals surface area contributed by atoms with E-state index in [2.05, 4.69) is 152 Å². The number of fused-ring (bicyclic) bond motifs is 5. The Morgan fingerprint density at radius 3 is 1.65 bits per heavy atom. The van der Waals surface area contributed by atoms with E-state index < -0.39 is 0 Å². The number of benzene rings is 6. The first-order valence-electron chi connectivity index (χ1n) is 16.6. The monoisotopic (exact) mass is 628 g/mol. The highest BCUT2D eigenvalue weighted by molar-refractivity contribution is 5.98. The van der Waals surface area contributed by atoms with Crippen molar-refractivity contribution in [1.82, 2.24) is 19.9 Å². The van der Waals surface area contributed by atoms with Crippen LogP contribution >= 0.6 is 0 Å². The van der Waals surface area contributed by atoms with Crippen molar-refractivity contribution in [1.29, 1.82) is 0 Å². The topological polar surface area (TPSA) is 51.6 Å². The maximum absolute atomic E-state index is 5.10. The number of aromatic nitrogens is 4. The van der Waals surface area contributed by atoms with Gasteiger partial charge in [0.05, 0.1) is 0 Å². The van der Waals surface area contributed by atoms with Gasteiger partial charge in [-0.2, -0.15) is 0 Å². The minimum atomic E-state index is -0.129. The number of rotatable bonds is 5. The molecule has 0 atom stereocenters. The van der Waals surface area contributed by atoms with E-state index in [1.54, 1.807) is 6.20 Å². The summed E-state index contributed by atoms with van der Waals surface area (Å²) in [6, 6.07) is 51.2. The number of nitrogens with zero attached hydrogens (tertiary/aromatic N) is 4. The molecule has 0 unspecified atom stereocenters. The van der Waals surface area contributed by atoms with Crippen LogP contribution in [0.3, 0.4) is 0 Å². The summed E-state index contributed by atoms with van der Waals surface area (Å²) < 4.78 is 0. The van der Waals surface area contributed by atoms with Gasteiger partial charge >= 0.3 is 0 Å². The minimum absolute atomic E-state index is 0.129. The van der Waals surface area contributed by atoms with Gasteiger partial charge < -0.3 is 0 Å². The summed E-state index contributed by atoms with van der Waals surface area (Å²) in [6.07, 6.45) is 3.67. The predicted molar refractivity (Wildman–Crippen MR) is 200 cm³/mol. The molecule has 0 N–H and O–H groups in total. The Balaban J connectivity index is 1.18. The van der Waals surface area contributed by atoms with Gasteiger partial charge in [-0.1, -0.05) is 147 Å².